The number of phenols is 1. The van der Waals surface area contributed by atoms with Crippen LogP contribution in [0.5, 0.6) is 5.75 Å². The zero-order valence-electron chi connectivity index (χ0n) is 7.49. The van der Waals surface area contributed by atoms with Crippen LogP contribution in [-0.4, -0.2) is 10.1 Å². The van der Waals surface area contributed by atoms with Gasteiger partial charge >= 0.3 is 0 Å². The van der Waals surface area contributed by atoms with Crippen molar-refractivity contribution < 1.29 is 9.52 Å². The zero-order chi connectivity index (χ0) is 10.1. The van der Waals surface area contributed by atoms with Crippen LogP contribution in [0.4, 0.5) is 0 Å². The molecule has 0 fully saturated rings. The van der Waals surface area contributed by atoms with Crippen LogP contribution in [0.25, 0.3) is 11.5 Å². The number of aromatic hydroxyl groups is 1. The molecule has 2 rings (SSSR count). The standard InChI is InChI=1S/C10H8ClNO2/c1-6-5-12-10(14-6)8-4-7(11)2-3-9(8)13/h2-5,13H,1H3. The minimum absolute atomic E-state index is 0.108. The van der Waals surface area contributed by atoms with Crippen molar-refractivity contribution in [3.63, 3.8) is 0 Å². The van der Waals surface area contributed by atoms with Crippen LogP contribution in [0.3, 0.4) is 0 Å². The SMILES string of the molecule is Cc1cnc(-c2cc(Cl)ccc2O)o1. The van der Waals surface area contributed by atoms with Crippen molar-refractivity contribution in [2.75, 3.05) is 0 Å². The molecule has 0 aliphatic heterocycles. The lowest BCUT2D eigenvalue weighted by Crippen LogP contribution is -1.78. The first-order valence-electron chi connectivity index (χ1n) is 4.08. The first kappa shape index (κ1) is 9.09. The highest BCUT2D eigenvalue weighted by atomic mass is 35.5. The third-order valence-corrected chi connectivity index (χ3v) is 2.05. The van der Waals surface area contributed by atoms with E-state index in [-0.39, 0.29) is 5.75 Å². The molecule has 72 valence electrons. The minimum atomic E-state index is 0.108. The molecule has 0 saturated carbocycles. The van der Waals surface area contributed by atoms with E-state index in [9.17, 15) is 5.11 Å². The summed E-state index contributed by atoms with van der Waals surface area (Å²) < 4.78 is 5.28. The number of hydrogen-bond acceptors (Lipinski definition) is 3. The fourth-order valence-electron chi connectivity index (χ4n) is 1.16. The molecule has 1 aromatic carbocycles. The Kier molecular flexibility index (Phi) is 2.17. The second-order valence-corrected chi connectivity index (χ2v) is 3.37. The number of halogens is 1. The summed E-state index contributed by atoms with van der Waals surface area (Å²) in [4.78, 5) is 4.00. The fourth-order valence-corrected chi connectivity index (χ4v) is 1.33. The molecular formula is C10H8ClNO2. The van der Waals surface area contributed by atoms with E-state index < -0.39 is 0 Å². The van der Waals surface area contributed by atoms with Crippen LogP contribution in [0, 0.1) is 6.92 Å². The van der Waals surface area contributed by atoms with Gasteiger partial charge in [0.25, 0.3) is 0 Å². The molecule has 14 heavy (non-hydrogen) atoms. The molecule has 0 amide bonds. The molecule has 1 aromatic heterocycles. The van der Waals surface area contributed by atoms with E-state index in [0.717, 1.165) is 0 Å². The summed E-state index contributed by atoms with van der Waals surface area (Å²) >= 11 is 5.79. The number of nitrogens with zero attached hydrogens (tertiary/aromatic N) is 1. The minimum Gasteiger partial charge on any atom is -0.507 e. The predicted octanol–water partition coefficient (Wildman–Crippen LogP) is 3.01. The van der Waals surface area contributed by atoms with Crippen LogP contribution >= 0.6 is 11.6 Å². The number of rotatable bonds is 1. The van der Waals surface area contributed by atoms with Crippen molar-refractivity contribution in [2.45, 2.75) is 6.92 Å². The Morgan fingerprint density at radius 1 is 1.43 bits per heavy atom. The van der Waals surface area contributed by atoms with Gasteiger partial charge in [-0.05, 0) is 25.1 Å². The molecule has 0 radical (unpaired) electrons. The van der Waals surface area contributed by atoms with Gasteiger partial charge in [0, 0.05) is 5.02 Å². The van der Waals surface area contributed by atoms with Gasteiger partial charge in [-0.3, -0.25) is 0 Å². The molecular weight excluding hydrogens is 202 g/mol. The predicted molar refractivity (Wildman–Crippen MR) is 53.4 cm³/mol. The van der Waals surface area contributed by atoms with Gasteiger partial charge in [-0.25, -0.2) is 4.98 Å². The van der Waals surface area contributed by atoms with Crippen molar-refractivity contribution in [2.24, 2.45) is 0 Å². The van der Waals surface area contributed by atoms with Crippen LogP contribution in [0.1, 0.15) is 5.76 Å². The van der Waals surface area contributed by atoms with Gasteiger partial charge in [0.2, 0.25) is 5.89 Å². The first-order valence-corrected chi connectivity index (χ1v) is 4.46. The van der Waals surface area contributed by atoms with Gasteiger partial charge in [0.15, 0.2) is 0 Å². The van der Waals surface area contributed by atoms with Crippen LogP contribution in [-0.2, 0) is 0 Å². The molecule has 4 heteroatoms. The molecule has 1 N–H and O–H groups in total. The maximum absolute atomic E-state index is 9.54. The molecule has 0 spiro atoms. The number of aromatic nitrogens is 1. The molecule has 0 bridgehead atoms. The highest BCUT2D eigenvalue weighted by Crippen LogP contribution is 2.30. The molecule has 0 saturated heterocycles. The average Bonchev–Trinajstić information content (AvgIpc) is 2.56. The Bertz CT molecular complexity index is 465. The lowest BCUT2D eigenvalue weighted by atomic mass is 10.2. The van der Waals surface area contributed by atoms with Gasteiger partial charge in [0.1, 0.15) is 11.5 Å². The van der Waals surface area contributed by atoms with E-state index in [0.29, 0.717) is 22.2 Å². The largest absolute Gasteiger partial charge is 0.507 e. The molecule has 3 nitrogen and oxygen atoms in total. The summed E-state index contributed by atoms with van der Waals surface area (Å²) in [6.45, 7) is 1.79. The Morgan fingerprint density at radius 2 is 2.21 bits per heavy atom. The number of hydrogen-bond donors (Lipinski definition) is 1. The molecule has 0 aliphatic carbocycles. The van der Waals surface area contributed by atoms with Gasteiger partial charge < -0.3 is 9.52 Å². The molecule has 0 unspecified atom stereocenters. The summed E-state index contributed by atoms with van der Waals surface area (Å²) in [5.41, 5.74) is 0.505. The van der Waals surface area contributed by atoms with E-state index in [1.54, 1.807) is 25.3 Å². The topological polar surface area (TPSA) is 46.3 Å². The number of aryl methyl sites for hydroxylation is 1. The molecule has 0 atom stereocenters. The van der Waals surface area contributed by atoms with Crippen molar-refractivity contribution in [1.82, 2.24) is 4.98 Å². The highest BCUT2D eigenvalue weighted by molar-refractivity contribution is 6.30. The summed E-state index contributed by atoms with van der Waals surface area (Å²) in [6.07, 6.45) is 1.59. The lowest BCUT2D eigenvalue weighted by molar-refractivity contribution is 0.471. The second-order valence-electron chi connectivity index (χ2n) is 2.94. The zero-order valence-corrected chi connectivity index (χ0v) is 8.25. The smallest absolute Gasteiger partial charge is 0.230 e. The average molecular weight is 210 g/mol. The van der Waals surface area contributed by atoms with E-state index in [1.165, 1.54) is 6.07 Å². The second kappa shape index (κ2) is 3.35. The third-order valence-electron chi connectivity index (χ3n) is 1.81. The molecule has 0 aliphatic rings. The van der Waals surface area contributed by atoms with Crippen molar-refractivity contribution >= 4 is 11.6 Å². The molecule has 2 aromatic rings. The van der Waals surface area contributed by atoms with Crippen LogP contribution in [0.2, 0.25) is 5.02 Å². The van der Waals surface area contributed by atoms with Gasteiger partial charge in [-0.1, -0.05) is 11.6 Å². The van der Waals surface area contributed by atoms with Gasteiger partial charge in [-0.15, -0.1) is 0 Å². The first-order chi connectivity index (χ1) is 6.66. The maximum atomic E-state index is 9.54. The summed E-state index contributed by atoms with van der Waals surface area (Å²) in [6, 6.07) is 4.73. The number of phenolic OH excluding ortho intramolecular Hbond substituents is 1. The van der Waals surface area contributed by atoms with Gasteiger partial charge in [0.05, 0.1) is 11.8 Å². The van der Waals surface area contributed by atoms with Crippen molar-refractivity contribution in [1.29, 1.82) is 0 Å². The summed E-state index contributed by atoms with van der Waals surface area (Å²) in [7, 11) is 0. The number of benzene rings is 1. The Labute approximate surface area is 86.0 Å². The van der Waals surface area contributed by atoms with E-state index >= 15 is 0 Å². The van der Waals surface area contributed by atoms with Gasteiger partial charge in [-0.2, -0.15) is 0 Å². The Balaban J connectivity index is 2.55. The van der Waals surface area contributed by atoms with Crippen LogP contribution < -0.4 is 0 Å². The summed E-state index contributed by atoms with van der Waals surface area (Å²) in [5.74, 6) is 1.18. The normalized spacial score (nSPS) is 10.4. The maximum Gasteiger partial charge on any atom is 0.230 e. The fraction of sp³-hybridized carbons (Fsp3) is 0.100. The van der Waals surface area contributed by atoms with E-state index in [2.05, 4.69) is 4.98 Å². The van der Waals surface area contributed by atoms with Crippen molar-refractivity contribution in [3.05, 3.63) is 35.2 Å². The highest BCUT2D eigenvalue weighted by Gasteiger charge is 2.09. The molecule has 1 heterocycles. The summed E-state index contributed by atoms with van der Waals surface area (Å²) in [5, 5.41) is 10.1. The Hall–Kier alpha value is -1.48. The van der Waals surface area contributed by atoms with Crippen LogP contribution in [0.15, 0.2) is 28.8 Å². The van der Waals surface area contributed by atoms with E-state index in [4.69, 9.17) is 16.0 Å². The lowest BCUT2D eigenvalue weighted by Gasteiger charge is -1.99. The monoisotopic (exact) mass is 209 g/mol. The number of oxazole rings is 1. The van der Waals surface area contributed by atoms with E-state index in [1.807, 2.05) is 0 Å². The van der Waals surface area contributed by atoms with Crippen molar-refractivity contribution in [3.8, 4) is 17.2 Å². The third kappa shape index (κ3) is 1.59. The quantitative estimate of drug-likeness (QED) is 0.785. The Morgan fingerprint density at radius 3 is 2.86 bits per heavy atom.